The van der Waals surface area contributed by atoms with Crippen molar-refractivity contribution in [1.29, 1.82) is 0 Å². The van der Waals surface area contributed by atoms with Gasteiger partial charge in [0, 0.05) is 0 Å². The number of hydrogen-bond acceptors (Lipinski definition) is 3. The largest absolute Gasteiger partial charge is 0.416 e. The van der Waals surface area contributed by atoms with E-state index in [0.29, 0.717) is 12.1 Å². The van der Waals surface area contributed by atoms with E-state index in [0.717, 1.165) is 5.56 Å². The van der Waals surface area contributed by atoms with E-state index in [2.05, 4.69) is 0 Å². The normalized spacial score (nSPS) is 13.7. The number of benzene rings is 3. The minimum atomic E-state index is -5.09. The predicted molar refractivity (Wildman–Crippen MR) is 104 cm³/mol. The van der Waals surface area contributed by atoms with E-state index in [1.165, 1.54) is 48.5 Å². The van der Waals surface area contributed by atoms with Crippen LogP contribution in [0.2, 0.25) is 0 Å². The van der Waals surface area contributed by atoms with Gasteiger partial charge in [-0.25, -0.2) is 0 Å². The van der Waals surface area contributed by atoms with Crippen molar-refractivity contribution in [3.05, 3.63) is 101 Å². The van der Waals surface area contributed by atoms with Crippen LogP contribution in [0.3, 0.4) is 0 Å². The van der Waals surface area contributed by atoms with Crippen LogP contribution in [0.5, 0.6) is 0 Å². The third kappa shape index (κ3) is 5.49. The van der Waals surface area contributed by atoms with Crippen LogP contribution in [0.4, 0.5) is 26.3 Å². The van der Waals surface area contributed by atoms with Gasteiger partial charge in [-0.2, -0.15) is 34.8 Å². The van der Waals surface area contributed by atoms with Gasteiger partial charge in [-0.05, 0) is 48.4 Å². The van der Waals surface area contributed by atoms with Crippen LogP contribution in [0, 0.1) is 6.92 Å². The number of alkyl halides is 6. The van der Waals surface area contributed by atoms with E-state index < -0.39 is 45.3 Å². The quantitative estimate of drug-likeness (QED) is 0.312. The molecule has 0 N–H and O–H groups in total. The van der Waals surface area contributed by atoms with Crippen LogP contribution in [-0.4, -0.2) is 8.42 Å². The fourth-order valence-electron chi connectivity index (χ4n) is 2.95. The Labute approximate surface area is 180 Å². The molecule has 3 rings (SSSR count). The predicted octanol–water partition coefficient (Wildman–Crippen LogP) is 6.53. The summed E-state index contributed by atoms with van der Waals surface area (Å²) in [5.74, 6) is 0. The molecule has 10 heteroatoms. The molecule has 32 heavy (non-hydrogen) atoms. The fourth-order valence-corrected chi connectivity index (χ4v) is 4.01. The lowest BCUT2D eigenvalue weighted by Crippen LogP contribution is -2.17. The highest BCUT2D eigenvalue weighted by molar-refractivity contribution is 7.86. The van der Waals surface area contributed by atoms with Crippen molar-refractivity contribution in [2.75, 3.05) is 0 Å². The van der Waals surface area contributed by atoms with Crippen LogP contribution in [0.25, 0.3) is 0 Å². The maximum Gasteiger partial charge on any atom is 0.416 e. The Morgan fingerprint density at radius 3 is 1.69 bits per heavy atom. The minimum Gasteiger partial charge on any atom is -0.253 e. The smallest absolute Gasteiger partial charge is 0.253 e. The molecule has 1 unspecified atom stereocenters. The van der Waals surface area contributed by atoms with E-state index in [9.17, 15) is 34.8 Å². The van der Waals surface area contributed by atoms with Crippen molar-refractivity contribution in [2.45, 2.75) is 30.3 Å². The molecular formula is C22H16F6O3S. The lowest BCUT2D eigenvalue weighted by Gasteiger charge is -2.21. The maximum absolute atomic E-state index is 13.3. The minimum absolute atomic E-state index is 0.0278. The zero-order valence-corrected chi connectivity index (χ0v) is 17.2. The highest BCUT2D eigenvalue weighted by atomic mass is 32.2. The van der Waals surface area contributed by atoms with E-state index in [1.807, 2.05) is 0 Å². The summed E-state index contributed by atoms with van der Waals surface area (Å²) >= 11 is 0. The Morgan fingerprint density at radius 2 is 1.22 bits per heavy atom. The van der Waals surface area contributed by atoms with Crippen LogP contribution in [0.15, 0.2) is 77.7 Å². The van der Waals surface area contributed by atoms with Crippen molar-refractivity contribution in [1.82, 2.24) is 0 Å². The van der Waals surface area contributed by atoms with Crippen molar-refractivity contribution in [3.63, 3.8) is 0 Å². The molecule has 0 fully saturated rings. The van der Waals surface area contributed by atoms with Crippen molar-refractivity contribution in [2.24, 2.45) is 0 Å². The fraction of sp³-hybridized carbons (Fsp3) is 0.182. The number of aryl methyl sites for hydroxylation is 1. The highest BCUT2D eigenvalue weighted by Gasteiger charge is 2.38. The number of rotatable bonds is 5. The second-order valence-electron chi connectivity index (χ2n) is 6.99. The topological polar surface area (TPSA) is 43.4 Å². The van der Waals surface area contributed by atoms with Crippen LogP contribution in [-0.2, 0) is 26.7 Å². The average molecular weight is 474 g/mol. The SMILES string of the molecule is Cc1ccc(S(=O)(=O)OC(c2ccccc2)c2cc(C(F)(F)F)cc(C(F)(F)F)c2)cc1. The first-order valence-corrected chi connectivity index (χ1v) is 10.5. The van der Waals surface area contributed by atoms with Gasteiger partial charge in [0.1, 0.15) is 6.10 Å². The van der Waals surface area contributed by atoms with Crippen LogP contribution in [0.1, 0.15) is 33.9 Å². The standard InChI is InChI=1S/C22H16F6O3S/c1-14-7-9-19(10-8-14)32(29,30)31-20(15-5-3-2-4-6-15)16-11-17(21(23,24)25)13-18(12-16)22(26,27)28/h2-13,20H,1H3. The van der Waals surface area contributed by atoms with Crippen molar-refractivity contribution < 1.29 is 38.9 Å². The zero-order valence-electron chi connectivity index (χ0n) is 16.4. The Bertz CT molecular complexity index is 1150. The summed E-state index contributed by atoms with van der Waals surface area (Å²) in [6.45, 7) is 1.71. The van der Waals surface area contributed by atoms with Gasteiger partial charge >= 0.3 is 12.4 Å². The van der Waals surface area contributed by atoms with Crippen molar-refractivity contribution >= 4 is 10.1 Å². The molecule has 3 nitrogen and oxygen atoms in total. The van der Waals surface area contributed by atoms with E-state index in [1.54, 1.807) is 13.0 Å². The molecule has 0 bridgehead atoms. The first kappa shape index (κ1) is 23.8. The third-order valence-corrected chi connectivity index (χ3v) is 5.84. The molecule has 1 atom stereocenters. The molecule has 0 radical (unpaired) electrons. The van der Waals surface area contributed by atoms with Gasteiger partial charge in [0.15, 0.2) is 0 Å². The first-order chi connectivity index (χ1) is 14.8. The lowest BCUT2D eigenvalue weighted by molar-refractivity contribution is -0.143. The van der Waals surface area contributed by atoms with Gasteiger partial charge in [-0.1, -0.05) is 48.0 Å². The summed E-state index contributed by atoms with van der Waals surface area (Å²) in [5.41, 5.74) is -2.93. The van der Waals surface area contributed by atoms with Crippen molar-refractivity contribution in [3.8, 4) is 0 Å². The Morgan fingerprint density at radius 1 is 0.719 bits per heavy atom. The number of hydrogen-bond donors (Lipinski definition) is 0. The summed E-state index contributed by atoms with van der Waals surface area (Å²) in [5, 5.41) is 0. The molecule has 0 aliphatic heterocycles. The molecule has 0 aliphatic rings. The van der Waals surface area contributed by atoms with Gasteiger partial charge in [-0.15, -0.1) is 0 Å². The number of halogens is 6. The third-order valence-electron chi connectivity index (χ3n) is 4.55. The van der Waals surface area contributed by atoms with E-state index in [4.69, 9.17) is 4.18 Å². The Kier molecular flexibility index (Phi) is 6.39. The Hall–Kier alpha value is -2.85. The van der Waals surface area contributed by atoms with Gasteiger partial charge in [0.2, 0.25) is 0 Å². The summed E-state index contributed by atoms with van der Waals surface area (Å²) in [4.78, 5) is -0.285. The van der Waals surface area contributed by atoms with E-state index in [-0.39, 0.29) is 16.5 Å². The summed E-state index contributed by atoms with van der Waals surface area (Å²) in [7, 11) is -4.53. The van der Waals surface area contributed by atoms with E-state index >= 15 is 0 Å². The molecule has 170 valence electrons. The second-order valence-corrected chi connectivity index (χ2v) is 8.57. The first-order valence-electron chi connectivity index (χ1n) is 9.12. The summed E-state index contributed by atoms with van der Waals surface area (Å²) < 4.78 is 111. The molecule has 0 spiro atoms. The summed E-state index contributed by atoms with van der Waals surface area (Å²) in [6.07, 6.45) is -11.9. The molecule has 0 amide bonds. The second kappa shape index (κ2) is 8.59. The Balaban J connectivity index is 2.18. The summed E-state index contributed by atoms with van der Waals surface area (Å²) in [6, 6.07) is 13.5. The van der Waals surface area contributed by atoms with Crippen LogP contribution < -0.4 is 0 Å². The van der Waals surface area contributed by atoms with Gasteiger partial charge in [0.05, 0.1) is 16.0 Å². The maximum atomic E-state index is 13.3. The molecule has 3 aromatic rings. The van der Waals surface area contributed by atoms with Gasteiger partial charge < -0.3 is 0 Å². The van der Waals surface area contributed by atoms with Crippen LogP contribution >= 0.6 is 0 Å². The average Bonchev–Trinajstić information content (AvgIpc) is 2.71. The monoisotopic (exact) mass is 474 g/mol. The van der Waals surface area contributed by atoms with Gasteiger partial charge in [-0.3, -0.25) is 4.18 Å². The molecule has 3 aromatic carbocycles. The molecule has 0 saturated heterocycles. The molecule has 0 aromatic heterocycles. The lowest BCUT2D eigenvalue weighted by atomic mass is 9.97. The zero-order chi connectivity index (χ0) is 23.7. The molecule has 0 aliphatic carbocycles. The highest BCUT2D eigenvalue weighted by Crippen LogP contribution is 2.40. The molecular weight excluding hydrogens is 458 g/mol. The molecule has 0 saturated carbocycles. The molecule has 0 heterocycles. The van der Waals surface area contributed by atoms with Gasteiger partial charge in [0.25, 0.3) is 10.1 Å².